The zero-order valence-corrected chi connectivity index (χ0v) is 9.87. The highest BCUT2D eigenvalue weighted by Gasteiger charge is 2.37. The molecule has 4 nitrogen and oxygen atoms in total. The van der Waals surface area contributed by atoms with Crippen LogP contribution in [0.25, 0.3) is 0 Å². The van der Waals surface area contributed by atoms with E-state index in [0.717, 1.165) is 5.56 Å². The van der Waals surface area contributed by atoms with Gasteiger partial charge in [0.1, 0.15) is 0 Å². The van der Waals surface area contributed by atoms with Gasteiger partial charge in [0.05, 0.1) is 18.8 Å². The Morgan fingerprint density at radius 3 is 2.82 bits per heavy atom. The summed E-state index contributed by atoms with van der Waals surface area (Å²) in [5, 5.41) is 9.98. The first kappa shape index (κ1) is 11.9. The molecule has 1 aromatic rings. The third-order valence-electron chi connectivity index (χ3n) is 3.01. The van der Waals surface area contributed by atoms with Crippen molar-refractivity contribution in [1.82, 2.24) is 4.90 Å². The van der Waals surface area contributed by atoms with Gasteiger partial charge in [0.25, 0.3) is 0 Å². The maximum atomic E-state index is 11.8. The molecule has 0 aliphatic carbocycles. The first-order valence-electron chi connectivity index (χ1n) is 5.90. The molecule has 1 fully saturated rings. The van der Waals surface area contributed by atoms with Crippen molar-refractivity contribution in [1.29, 1.82) is 0 Å². The van der Waals surface area contributed by atoms with E-state index in [9.17, 15) is 9.90 Å². The van der Waals surface area contributed by atoms with Gasteiger partial charge in [-0.3, -0.25) is 4.90 Å². The Labute approximate surface area is 101 Å². The number of likely N-dealkylation sites (tertiary alicyclic amines) is 1. The molecular formula is C13H17NO3. The number of carbonyl (C=O) groups is 1. The Hall–Kier alpha value is -1.55. The Bertz CT molecular complexity index is 380. The van der Waals surface area contributed by atoms with Gasteiger partial charge in [-0.25, -0.2) is 4.79 Å². The van der Waals surface area contributed by atoms with Crippen molar-refractivity contribution in [3.63, 3.8) is 0 Å². The van der Waals surface area contributed by atoms with Crippen LogP contribution >= 0.6 is 0 Å². The number of rotatable bonds is 2. The summed E-state index contributed by atoms with van der Waals surface area (Å²) in [6.45, 7) is 2.68. The largest absolute Gasteiger partial charge is 0.450 e. The highest BCUT2D eigenvalue weighted by atomic mass is 16.6. The predicted molar refractivity (Wildman–Crippen MR) is 63.5 cm³/mol. The number of benzene rings is 1. The maximum Gasteiger partial charge on any atom is 0.410 e. The van der Waals surface area contributed by atoms with E-state index in [0.29, 0.717) is 19.6 Å². The normalized spacial score (nSPS) is 23.8. The number of hydrogen-bond acceptors (Lipinski definition) is 3. The zero-order chi connectivity index (χ0) is 12.3. The maximum absolute atomic E-state index is 11.8. The number of amides is 1. The van der Waals surface area contributed by atoms with Crippen molar-refractivity contribution in [2.24, 2.45) is 0 Å². The van der Waals surface area contributed by atoms with E-state index in [1.54, 1.807) is 11.8 Å². The van der Waals surface area contributed by atoms with Crippen LogP contribution in [0.5, 0.6) is 0 Å². The molecule has 0 aromatic heterocycles. The van der Waals surface area contributed by atoms with Gasteiger partial charge < -0.3 is 9.84 Å². The van der Waals surface area contributed by atoms with Gasteiger partial charge in [-0.1, -0.05) is 30.3 Å². The fourth-order valence-corrected chi connectivity index (χ4v) is 2.24. The van der Waals surface area contributed by atoms with Crippen molar-refractivity contribution in [3.05, 3.63) is 35.9 Å². The highest BCUT2D eigenvalue weighted by Crippen LogP contribution is 2.32. The molecule has 1 amide bonds. The molecule has 1 aliphatic rings. The quantitative estimate of drug-likeness (QED) is 0.852. The molecule has 1 saturated heterocycles. The van der Waals surface area contributed by atoms with E-state index in [2.05, 4.69) is 0 Å². The smallest absolute Gasteiger partial charge is 0.410 e. The predicted octanol–water partition coefficient (Wildman–Crippen LogP) is 1.95. The molecule has 1 heterocycles. The van der Waals surface area contributed by atoms with Crippen molar-refractivity contribution >= 4 is 6.09 Å². The van der Waals surface area contributed by atoms with Crippen LogP contribution in [0.1, 0.15) is 24.9 Å². The lowest BCUT2D eigenvalue weighted by Gasteiger charge is -2.25. The molecule has 2 atom stereocenters. The van der Waals surface area contributed by atoms with Crippen molar-refractivity contribution in [2.45, 2.75) is 25.5 Å². The zero-order valence-electron chi connectivity index (χ0n) is 9.87. The van der Waals surface area contributed by atoms with Gasteiger partial charge in [0.15, 0.2) is 0 Å². The van der Waals surface area contributed by atoms with Gasteiger partial charge in [-0.15, -0.1) is 0 Å². The first-order chi connectivity index (χ1) is 8.24. The lowest BCUT2D eigenvalue weighted by molar-refractivity contribution is 0.0788. The molecule has 0 bridgehead atoms. The monoisotopic (exact) mass is 235 g/mol. The summed E-state index contributed by atoms with van der Waals surface area (Å²) in [6.07, 6.45) is -0.266. The Kier molecular flexibility index (Phi) is 3.64. The topological polar surface area (TPSA) is 49.8 Å². The summed E-state index contributed by atoms with van der Waals surface area (Å²) in [5.74, 6) is 0. The summed E-state index contributed by atoms with van der Waals surface area (Å²) < 4.78 is 5.00. The molecule has 0 radical (unpaired) electrons. The summed E-state index contributed by atoms with van der Waals surface area (Å²) >= 11 is 0. The van der Waals surface area contributed by atoms with Crippen LogP contribution in [0.15, 0.2) is 30.3 Å². The molecule has 1 aliphatic heterocycles. The van der Waals surface area contributed by atoms with Gasteiger partial charge in [-0.2, -0.15) is 0 Å². The van der Waals surface area contributed by atoms with Gasteiger partial charge in [-0.05, 0) is 18.9 Å². The SMILES string of the molecule is CCOC(=O)N1CCC(O)C1c1ccccc1. The van der Waals surface area contributed by atoms with E-state index in [1.165, 1.54) is 0 Å². The van der Waals surface area contributed by atoms with Crippen LogP contribution in [-0.4, -0.2) is 35.4 Å². The van der Waals surface area contributed by atoms with Crippen molar-refractivity contribution in [2.75, 3.05) is 13.2 Å². The average molecular weight is 235 g/mol. The molecule has 92 valence electrons. The minimum atomic E-state index is -0.512. The molecule has 0 saturated carbocycles. The number of aliphatic hydroxyl groups excluding tert-OH is 1. The number of nitrogens with zero attached hydrogens (tertiary/aromatic N) is 1. The summed E-state index contributed by atoms with van der Waals surface area (Å²) in [5.41, 5.74) is 0.950. The molecule has 2 rings (SSSR count). The molecule has 17 heavy (non-hydrogen) atoms. The molecule has 4 heteroatoms. The third-order valence-corrected chi connectivity index (χ3v) is 3.01. The number of ether oxygens (including phenoxy) is 1. The minimum Gasteiger partial charge on any atom is -0.450 e. The Morgan fingerprint density at radius 1 is 1.47 bits per heavy atom. The molecular weight excluding hydrogens is 218 g/mol. The summed E-state index contributed by atoms with van der Waals surface area (Å²) in [6, 6.07) is 9.29. The standard InChI is InChI=1S/C13H17NO3/c1-2-17-13(16)14-9-8-11(15)12(14)10-6-4-3-5-7-10/h3-7,11-12,15H,2,8-9H2,1H3. The van der Waals surface area contributed by atoms with E-state index in [-0.39, 0.29) is 12.1 Å². The van der Waals surface area contributed by atoms with Gasteiger partial charge >= 0.3 is 6.09 Å². The lowest BCUT2D eigenvalue weighted by atomic mass is 10.0. The van der Waals surface area contributed by atoms with E-state index in [4.69, 9.17) is 4.74 Å². The molecule has 1 N–H and O–H groups in total. The molecule has 1 aromatic carbocycles. The fourth-order valence-electron chi connectivity index (χ4n) is 2.24. The molecule has 0 spiro atoms. The van der Waals surface area contributed by atoms with Gasteiger partial charge in [0.2, 0.25) is 0 Å². The van der Waals surface area contributed by atoms with Crippen LogP contribution < -0.4 is 0 Å². The second-order valence-corrected chi connectivity index (χ2v) is 4.10. The highest BCUT2D eigenvalue weighted by molar-refractivity contribution is 5.69. The fraction of sp³-hybridized carbons (Fsp3) is 0.462. The first-order valence-corrected chi connectivity index (χ1v) is 5.90. The van der Waals surface area contributed by atoms with Crippen LogP contribution in [0, 0.1) is 0 Å². The average Bonchev–Trinajstić information content (AvgIpc) is 2.73. The Morgan fingerprint density at radius 2 is 2.18 bits per heavy atom. The number of hydrogen-bond donors (Lipinski definition) is 1. The van der Waals surface area contributed by atoms with Crippen molar-refractivity contribution in [3.8, 4) is 0 Å². The minimum absolute atomic E-state index is 0.282. The second-order valence-electron chi connectivity index (χ2n) is 4.10. The van der Waals surface area contributed by atoms with Crippen molar-refractivity contribution < 1.29 is 14.6 Å². The second kappa shape index (κ2) is 5.19. The molecule has 2 unspecified atom stereocenters. The van der Waals surface area contributed by atoms with Crippen LogP contribution in [0.3, 0.4) is 0 Å². The summed E-state index contributed by atoms with van der Waals surface area (Å²) in [7, 11) is 0. The number of carbonyl (C=O) groups excluding carboxylic acids is 1. The lowest BCUT2D eigenvalue weighted by Crippen LogP contribution is -2.33. The summed E-state index contributed by atoms with van der Waals surface area (Å²) in [4.78, 5) is 13.4. The third kappa shape index (κ3) is 2.42. The van der Waals surface area contributed by atoms with Crippen LogP contribution in [0.4, 0.5) is 4.79 Å². The van der Waals surface area contributed by atoms with E-state index >= 15 is 0 Å². The van der Waals surface area contributed by atoms with E-state index in [1.807, 2.05) is 30.3 Å². The van der Waals surface area contributed by atoms with Gasteiger partial charge in [0, 0.05) is 6.54 Å². The van der Waals surface area contributed by atoms with Crippen LogP contribution in [0.2, 0.25) is 0 Å². The number of aliphatic hydroxyl groups is 1. The van der Waals surface area contributed by atoms with Crippen LogP contribution in [-0.2, 0) is 4.74 Å². The van der Waals surface area contributed by atoms with E-state index < -0.39 is 6.10 Å². The Balaban J connectivity index is 2.20.